The van der Waals surface area contributed by atoms with Crippen molar-refractivity contribution in [3.8, 4) is 0 Å². The summed E-state index contributed by atoms with van der Waals surface area (Å²) in [6, 6.07) is 13.7. The first-order valence-electron chi connectivity index (χ1n) is 10.8. The number of aryl methyl sites for hydroxylation is 1. The SMILES string of the molecule is Cc1[nH]c(Sc2ccc3ncc([N+](=O)[O-])n3n2)nc1C(=O)N1CCN(Cc2ccccc2)CC1. The van der Waals surface area contributed by atoms with E-state index >= 15 is 0 Å². The van der Waals surface area contributed by atoms with Crippen molar-refractivity contribution in [1.29, 1.82) is 0 Å². The number of amides is 1. The standard InChI is InChI=1S/C22H22N8O3S/c1-15-20(21(31)28-11-9-27(10-12-28)14-16-5-3-2-4-6-16)25-22(24-15)34-18-8-7-17-23-13-19(30(32)33)29(17)26-18/h2-8,13H,9-12,14H2,1H3,(H,24,25). The van der Waals surface area contributed by atoms with Gasteiger partial charge in [-0.25, -0.2) is 9.97 Å². The van der Waals surface area contributed by atoms with E-state index in [9.17, 15) is 14.9 Å². The Kier molecular flexibility index (Phi) is 5.99. The predicted octanol–water partition coefficient (Wildman–Crippen LogP) is 2.78. The fourth-order valence-corrected chi connectivity index (χ4v) is 4.71. The summed E-state index contributed by atoms with van der Waals surface area (Å²) in [5, 5.41) is 16.4. The quantitative estimate of drug-likeness (QED) is 0.331. The number of nitrogens with zero attached hydrogens (tertiary/aromatic N) is 7. The van der Waals surface area contributed by atoms with Crippen molar-refractivity contribution >= 4 is 29.1 Å². The molecule has 1 fully saturated rings. The molecule has 12 heteroatoms. The van der Waals surface area contributed by atoms with Crippen LogP contribution in [0.25, 0.3) is 5.65 Å². The highest BCUT2D eigenvalue weighted by Crippen LogP contribution is 2.26. The van der Waals surface area contributed by atoms with E-state index < -0.39 is 4.92 Å². The summed E-state index contributed by atoms with van der Waals surface area (Å²) in [5.41, 5.74) is 2.71. The lowest BCUT2D eigenvalue weighted by molar-refractivity contribution is -0.391. The lowest BCUT2D eigenvalue weighted by Crippen LogP contribution is -2.48. The van der Waals surface area contributed by atoms with E-state index in [1.807, 2.05) is 30.0 Å². The number of hydrogen-bond donors (Lipinski definition) is 1. The van der Waals surface area contributed by atoms with Crippen LogP contribution in [0.4, 0.5) is 5.82 Å². The van der Waals surface area contributed by atoms with Gasteiger partial charge in [-0.3, -0.25) is 9.69 Å². The number of fused-ring (bicyclic) bond motifs is 1. The Morgan fingerprint density at radius 2 is 1.91 bits per heavy atom. The van der Waals surface area contributed by atoms with E-state index in [0.717, 1.165) is 19.6 Å². The molecule has 0 radical (unpaired) electrons. The van der Waals surface area contributed by atoms with E-state index in [1.165, 1.54) is 28.0 Å². The van der Waals surface area contributed by atoms with Crippen LogP contribution in [0.15, 0.2) is 58.8 Å². The molecule has 0 bridgehead atoms. The maximum Gasteiger partial charge on any atom is 0.368 e. The molecule has 1 amide bonds. The minimum absolute atomic E-state index is 0.103. The van der Waals surface area contributed by atoms with Crippen LogP contribution in [-0.2, 0) is 6.54 Å². The summed E-state index contributed by atoms with van der Waals surface area (Å²) in [6.45, 7) is 5.58. The normalized spacial score (nSPS) is 14.6. The number of H-pyrrole nitrogens is 1. The number of carbonyl (C=O) groups is 1. The van der Waals surface area contributed by atoms with Crippen molar-refractivity contribution in [2.45, 2.75) is 23.7 Å². The van der Waals surface area contributed by atoms with E-state index in [-0.39, 0.29) is 11.7 Å². The molecule has 0 unspecified atom stereocenters. The Bertz CT molecular complexity index is 1340. The Morgan fingerprint density at radius 3 is 2.65 bits per heavy atom. The van der Waals surface area contributed by atoms with Crippen LogP contribution in [0.2, 0.25) is 0 Å². The zero-order valence-electron chi connectivity index (χ0n) is 18.4. The molecule has 11 nitrogen and oxygen atoms in total. The third-order valence-corrected chi connectivity index (χ3v) is 6.50. The van der Waals surface area contributed by atoms with Gasteiger partial charge in [0.15, 0.2) is 5.16 Å². The summed E-state index contributed by atoms with van der Waals surface area (Å²) in [6.07, 6.45) is 1.17. The van der Waals surface area contributed by atoms with Crippen LogP contribution in [0.5, 0.6) is 0 Å². The number of carbonyl (C=O) groups excluding carboxylic acids is 1. The molecular weight excluding hydrogens is 456 g/mol. The van der Waals surface area contributed by atoms with Gasteiger partial charge < -0.3 is 20.0 Å². The van der Waals surface area contributed by atoms with Gasteiger partial charge >= 0.3 is 5.82 Å². The van der Waals surface area contributed by atoms with Gasteiger partial charge in [-0.15, -0.1) is 0 Å². The first-order valence-corrected chi connectivity index (χ1v) is 11.6. The molecule has 5 rings (SSSR count). The van der Waals surface area contributed by atoms with Crippen molar-refractivity contribution in [3.63, 3.8) is 0 Å². The fraction of sp³-hybridized carbons (Fsp3) is 0.273. The lowest BCUT2D eigenvalue weighted by atomic mass is 10.2. The number of piperazine rings is 1. The summed E-state index contributed by atoms with van der Waals surface area (Å²) in [5.74, 6) is -0.316. The van der Waals surface area contributed by atoms with Crippen molar-refractivity contribution < 1.29 is 9.72 Å². The third kappa shape index (κ3) is 4.50. The smallest absolute Gasteiger partial charge is 0.358 e. The molecule has 0 saturated carbocycles. The van der Waals surface area contributed by atoms with Crippen LogP contribution >= 0.6 is 11.8 Å². The molecule has 3 aromatic heterocycles. The third-order valence-electron chi connectivity index (χ3n) is 5.68. The molecule has 1 aliphatic rings. The van der Waals surface area contributed by atoms with Crippen LogP contribution in [0, 0.1) is 17.0 Å². The number of aromatic amines is 1. The molecule has 4 aromatic rings. The molecule has 4 heterocycles. The van der Waals surface area contributed by atoms with Gasteiger partial charge in [-0.1, -0.05) is 39.9 Å². The molecule has 0 spiro atoms. The minimum Gasteiger partial charge on any atom is -0.358 e. The maximum absolute atomic E-state index is 13.1. The molecule has 1 N–H and O–H groups in total. The fourth-order valence-electron chi connectivity index (χ4n) is 3.91. The Hall–Kier alpha value is -3.77. The van der Waals surface area contributed by atoms with Crippen molar-refractivity contribution in [3.05, 3.63) is 75.7 Å². The zero-order chi connectivity index (χ0) is 23.7. The second-order valence-electron chi connectivity index (χ2n) is 7.99. The summed E-state index contributed by atoms with van der Waals surface area (Å²) in [7, 11) is 0. The number of imidazole rings is 2. The van der Waals surface area contributed by atoms with Crippen LogP contribution in [0.1, 0.15) is 21.7 Å². The molecular formula is C22H22N8O3S. The first-order chi connectivity index (χ1) is 16.5. The van der Waals surface area contributed by atoms with Gasteiger partial charge in [0.25, 0.3) is 5.91 Å². The minimum atomic E-state index is -0.533. The van der Waals surface area contributed by atoms with Crippen molar-refractivity contribution in [1.82, 2.24) is 34.4 Å². The van der Waals surface area contributed by atoms with E-state index in [2.05, 4.69) is 37.1 Å². The van der Waals surface area contributed by atoms with Crippen LogP contribution < -0.4 is 0 Å². The number of benzene rings is 1. The average molecular weight is 479 g/mol. The number of rotatable bonds is 6. The second kappa shape index (κ2) is 9.23. The highest BCUT2D eigenvalue weighted by molar-refractivity contribution is 7.99. The molecule has 34 heavy (non-hydrogen) atoms. The summed E-state index contributed by atoms with van der Waals surface area (Å²) >= 11 is 1.20. The highest BCUT2D eigenvalue weighted by Gasteiger charge is 2.26. The molecule has 0 atom stereocenters. The largest absolute Gasteiger partial charge is 0.368 e. The average Bonchev–Trinajstić information content (AvgIpc) is 3.43. The van der Waals surface area contributed by atoms with E-state index in [4.69, 9.17) is 0 Å². The Balaban J connectivity index is 1.25. The maximum atomic E-state index is 13.1. The number of aromatic nitrogens is 5. The Morgan fingerprint density at radius 1 is 1.15 bits per heavy atom. The lowest BCUT2D eigenvalue weighted by Gasteiger charge is -2.34. The van der Waals surface area contributed by atoms with Crippen molar-refractivity contribution in [2.75, 3.05) is 26.2 Å². The van der Waals surface area contributed by atoms with Gasteiger partial charge in [0.05, 0.1) is 0 Å². The van der Waals surface area contributed by atoms with Gasteiger partial charge in [0.2, 0.25) is 5.65 Å². The molecule has 0 aliphatic carbocycles. The molecule has 174 valence electrons. The topological polar surface area (TPSA) is 126 Å². The van der Waals surface area contributed by atoms with Crippen molar-refractivity contribution in [2.24, 2.45) is 0 Å². The van der Waals surface area contributed by atoms with Gasteiger partial charge in [-0.2, -0.15) is 0 Å². The number of nitrogens with one attached hydrogen (secondary N) is 1. The first kappa shape index (κ1) is 22.0. The van der Waals surface area contributed by atoms with Gasteiger partial charge in [0, 0.05) is 44.5 Å². The monoisotopic (exact) mass is 478 g/mol. The van der Waals surface area contributed by atoms with Gasteiger partial charge in [0.1, 0.15) is 16.9 Å². The van der Waals surface area contributed by atoms with Crippen LogP contribution in [0.3, 0.4) is 0 Å². The summed E-state index contributed by atoms with van der Waals surface area (Å²) in [4.78, 5) is 39.5. The van der Waals surface area contributed by atoms with E-state index in [0.29, 0.717) is 40.3 Å². The second-order valence-corrected chi connectivity index (χ2v) is 9.00. The Labute approximate surface area is 199 Å². The number of hydrogen-bond acceptors (Lipinski definition) is 8. The molecule has 1 aromatic carbocycles. The zero-order valence-corrected chi connectivity index (χ0v) is 19.2. The number of nitro groups is 1. The molecule has 1 aliphatic heterocycles. The highest BCUT2D eigenvalue weighted by atomic mass is 32.2. The summed E-state index contributed by atoms with van der Waals surface area (Å²) < 4.78 is 1.18. The van der Waals surface area contributed by atoms with E-state index in [1.54, 1.807) is 12.1 Å². The molecule has 1 saturated heterocycles. The predicted molar refractivity (Wildman–Crippen MR) is 125 cm³/mol. The van der Waals surface area contributed by atoms with Gasteiger partial charge in [-0.05, 0) is 35.2 Å². The van der Waals surface area contributed by atoms with Crippen LogP contribution in [-0.4, -0.2) is 71.4 Å².